The lowest BCUT2D eigenvalue weighted by Gasteiger charge is -2.31. The maximum Gasteiger partial charge on any atom is 0.320 e. The highest BCUT2D eigenvalue weighted by atomic mass is 16.5. The van der Waals surface area contributed by atoms with Crippen LogP contribution in [0.15, 0.2) is 12.4 Å². The van der Waals surface area contributed by atoms with Crippen LogP contribution in [-0.4, -0.2) is 29.2 Å². The van der Waals surface area contributed by atoms with E-state index in [4.69, 9.17) is 4.74 Å². The highest BCUT2D eigenvalue weighted by Gasteiger charge is 2.24. The van der Waals surface area contributed by atoms with Crippen molar-refractivity contribution in [3.05, 3.63) is 12.4 Å². The molecule has 1 aliphatic carbocycles. The molecule has 2 N–H and O–H groups in total. The van der Waals surface area contributed by atoms with E-state index in [0.717, 1.165) is 0 Å². The number of amides is 2. The molecular formula is C12H18N4O2. The molecule has 6 nitrogen and oxygen atoms in total. The number of hydrogen-bond donors (Lipinski definition) is 2. The van der Waals surface area contributed by atoms with Crippen LogP contribution in [0.2, 0.25) is 0 Å². The maximum atomic E-state index is 11.7. The predicted octanol–water partition coefficient (Wildman–Crippen LogP) is 1.80. The Morgan fingerprint density at radius 2 is 2.28 bits per heavy atom. The third-order valence-electron chi connectivity index (χ3n) is 3.31. The smallest absolute Gasteiger partial charge is 0.320 e. The fourth-order valence-corrected chi connectivity index (χ4v) is 1.94. The zero-order chi connectivity index (χ0) is 13.0. The summed E-state index contributed by atoms with van der Waals surface area (Å²) >= 11 is 0. The lowest BCUT2D eigenvalue weighted by molar-refractivity contribution is 0.222. The molecule has 1 aromatic rings. The van der Waals surface area contributed by atoms with E-state index in [-0.39, 0.29) is 12.1 Å². The summed E-state index contributed by atoms with van der Waals surface area (Å²) in [4.78, 5) is 19.6. The zero-order valence-electron chi connectivity index (χ0n) is 10.6. The Morgan fingerprint density at radius 3 is 2.89 bits per heavy atom. The molecule has 0 unspecified atom stereocenters. The molecule has 18 heavy (non-hydrogen) atoms. The molecule has 0 aliphatic heterocycles. The Hall–Kier alpha value is -1.85. The van der Waals surface area contributed by atoms with Gasteiger partial charge in [0.2, 0.25) is 5.88 Å². The fraction of sp³-hybridized carbons (Fsp3) is 0.583. The van der Waals surface area contributed by atoms with Crippen LogP contribution in [0.3, 0.4) is 0 Å². The second-order valence-corrected chi connectivity index (χ2v) is 4.52. The molecule has 0 aromatic carbocycles. The van der Waals surface area contributed by atoms with Gasteiger partial charge in [0.15, 0.2) is 0 Å². The predicted molar refractivity (Wildman–Crippen MR) is 67.5 cm³/mol. The van der Waals surface area contributed by atoms with Crippen LogP contribution in [0.4, 0.5) is 10.6 Å². The van der Waals surface area contributed by atoms with E-state index < -0.39 is 0 Å². The first-order chi connectivity index (χ1) is 8.69. The Morgan fingerprint density at radius 1 is 1.50 bits per heavy atom. The van der Waals surface area contributed by atoms with Crippen LogP contribution in [0.1, 0.15) is 26.2 Å². The second-order valence-electron chi connectivity index (χ2n) is 4.52. The quantitative estimate of drug-likeness (QED) is 0.854. The molecule has 1 atom stereocenters. The number of ether oxygens (including phenoxy) is 1. The van der Waals surface area contributed by atoms with Crippen LogP contribution in [0, 0.1) is 5.92 Å². The summed E-state index contributed by atoms with van der Waals surface area (Å²) in [6, 6.07) is 1.53. The van der Waals surface area contributed by atoms with Gasteiger partial charge in [0.25, 0.3) is 0 Å². The van der Waals surface area contributed by atoms with Crippen LogP contribution in [0.25, 0.3) is 0 Å². The molecule has 2 amide bonds. The van der Waals surface area contributed by atoms with Gasteiger partial charge in [-0.15, -0.1) is 0 Å². The molecule has 98 valence electrons. The van der Waals surface area contributed by atoms with Crippen molar-refractivity contribution in [2.75, 3.05) is 12.4 Å². The summed E-state index contributed by atoms with van der Waals surface area (Å²) < 4.78 is 4.96. The van der Waals surface area contributed by atoms with Crippen LogP contribution in [0.5, 0.6) is 5.88 Å². The highest BCUT2D eigenvalue weighted by Crippen LogP contribution is 2.29. The highest BCUT2D eigenvalue weighted by molar-refractivity contribution is 5.88. The summed E-state index contributed by atoms with van der Waals surface area (Å²) in [5.74, 6) is 1.46. The summed E-state index contributed by atoms with van der Waals surface area (Å²) in [6.45, 7) is 2.03. The first kappa shape index (κ1) is 12.6. The number of anilines is 1. The molecule has 0 saturated heterocycles. The topological polar surface area (TPSA) is 76.1 Å². The molecule has 1 fully saturated rings. The van der Waals surface area contributed by atoms with E-state index in [1.807, 2.05) is 6.92 Å². The van der Waals surface area contributed by atoms with E-state index in [1.54, 1.807) is 6.07 Å². The summed E-state index contributed by atoms with van der Waals surface area (Å²) in [6.07, 6.45) is 5.01. The van der Waals surface area contributed by atoms with Crippen LogP contribution >= 0.6 is 0 Å². The van der Waals surface area contributed by atoms with Gasteiger partial charge in [-0.25, -0.2) is 14.8 Å². The van der Waals surface area contributed by atoms with Crippen molar-refractivity contribution in [1.29, 1.82) is 0 Å². The minimum Gasteiger partial charge on any atom is -0.481 e. The number of nitrogens with one attached hydrogen (secondary N) is 2. The number of hydrogen-bond acceptors (Lipinski definition) is 4. The lowest BCUT2D eigenvalue weighted by atomic mass is 9.80. The van der Waals surface area contributed by atoms with Gasteiger partial charge in [0.05, 0.1) is 7.11 Å². The van der Waals surface area contributed by atoms with Gasteiger partial charge in [-0.3, -0.25) is 5.32 Å². The third-order valence-corrected chi connectivity index (χ3v) is 3.31. The van der Waals surface area contributed by atoms with Crippen molar-refractivity contribution in [2.24, 2.45) is 5.92 Å². The maximum absolute atomic E-state index is 11.7. The molecule has 0 bridgehead atoms. The third kappa shape index (κ3) is 3.09. The van der Waals surface area contributed by atoms with Crippen molar-refractivity contribution in [1.82, 2.24) is 15.3 Å². The van der Waals surface area contributed by atoms with Crippen molar-refractivity contribution < 1.29 is 9.53 Å². The molecular weight excluding hydrogens is 232 g/mol. The number of carbonyl (C=O) groups is 1. The average molecular weight is 250 g/mol. The number of rotatable bonds is 4. The summed E-state index contributed by atoms with van der Waals surface area (Å²) in [7, 11) is 1.52. The Bertz CT molecular complexity index is 420. The second kappa shape index (κ2) is 5.66. The summed E-state index contributed by atoms with van der Waals surface area (Å²) in [5, 5.41) is 5.59. The standard InChI is InChI=1S/C12H18N4O2/c1-8(9-4-3-5-9)15-12(17)16-10-6-11(18-2)14-7-13-10/h6-9H,3-5H2,1-2H3,(H2,13,14,15,16,17)/t8-/m0/s1. The van der Waals surface area contributed by atoms with Gasteiger partial charge < -0.3 is 10.1 Å². The van der Waals surface area contributed by atoms with E-state index in [2.05, 4.69) is 20.6 Å². The summed E-state index contributed by atoms with van der Waals surface area (Å²) in [5.41, 5.74) is 0. The van der Waals surface area contributed by atoms with E-state index in [1.165, 1.54) is 32.7 Å². The minimum absolute atomic E-state index is 0.197. The average Bonchev–Trinajstić information content (AvgIpc) is 2.26. The molecule has 0 radical (unpaired) electrons. The Balaban J connectivity index is 1.85. The molecule has 2 rings (SSSR count). The van der Waals surface area contributed by atoms with E-state index in [0.29, 0.717) is 17.6 Å². The normalized spacial score (nSPS) is 16.6. The number of nitrogens with zero attached hydrogens (tertiary/aromatic N) is 2. The Kier molecular flexibility index (Phi) is 3.96. The minimum atomic E-state index is -0.241. The van der Waals surface area contributed by atoms with Crippen LogP contribution < -0.4 is 15.4 Å². The zero-order valence-corrected chi connectivity index (χ0v) is 10.6. The van der Waals surface area contributed by atoms with Gasteiger partial charge >= 0.3 is 6.03 Å². The largest absolute Gasteiger partial charge is 0.481 e. The van der Waals surface area contributed by atoms with Crippen molar-refractivity contribution in [2.45, 2.75) is 32.2 Å². The number of urea groups is 1. The van der Waals surface area contributed by atoms with Gasteiger partial charge in [-0.1, -0.05) is 6.42 Å². The van der Waals surface area contributed by atoms with Gasteiger partial charge in [-0.05, 0) is 25.7 Å². The van der Waals surface area contributed by atoms with Gasteiger partial charge in [0.1, 0.15) is 12.1 Å². The number of carbonyl (C=O) groups excluding carboxylic acids is 1. The van der Waals surface area contributed by atoms with E-state index in [9.17, 15) is 4.79 Å². The van der Waals surface area contributed by atoms with Gasteiger partial charge in [-0.2, -0.15) is 0 Å². The number of methoxy groups -OCH3 is 1. The molecule has 1 aromatic heterocycles. The van der Waals surface area contributed by atoms with Crippen molar-refractivity contribution in [3.8, 4) is 5.88 Å². The Labute approximate surface area is 106 Å². The number of aromatic nitrogens is 2. The van der Waals surface area contributed by atoms with E-state index >= 15 is 0 Å². The molecule has 0 spiro atoms. The fourth-order valence-electron chi connectivity index (χ4n) is 1.94. The van der Waals surface area contributed by atoms with Crippen molar-refractivity contribution >= 4 is 11.8 Å². The van der Waals surface area contributed by atoms with Crippen molar-refractivity contribution in [3.63, 3.8) is 0 Å². The molecule has 1 heterocycles. The molecule has 6 heteroatoms. The first-order valence-electron chi connectivity index (χ1n) is 6.12. The van der Waals surface area contributed by atoms with Gasteiger partial charge in [0, 0.05) is 12.1 Å². The molecule has 1 saturated carbocycles. The SMILES string of the molecule is COc1cc(NC(=O)N[C@@H](C)C2CCC2)ncn1. The first-order valence-corrected chi connectivity index (χ1v) is 6.12. The van der Waals surface area contributed by atoms with Crippen LogP contribution in [-0.2, 0) is 0 Å². The molecule has 1 aliphatic rings. The lowest BCUT2D eigenvalue weighted by Crippen LogP contribution is -2.42. The monoisotopic (exact) mass is 250 g/mol.